The summed E-state index contributed by atoms with van der Waals surface area (Å²) in [5, 5.41) is 2.86. The fourth-order valence-corrected chi connectivity index (χ4v) is 3.82. The molecule has 25 heavy (non-hydrogen) atoms. The van der Waals surface area contributed by atoms with Crippen LogP contribution in [0.15, 0.2) is 23.1 Å². The van der Waals surface area contributed by atoms with Gasteiger partial charge >= 0.3 is 0 Å². The molecule has 0 spiro atoms. The van der Waals surface area contributed by atoms with Gasteiger partial charge < -0.3 is 14.8 Å². The quantitative estimate of drug-likeness (QED) is 0.762. The SMILES string of the molecule is CC(C)CCC(C)NC(=O)CCS(=O)(=O)c1ccc2c(c1)OCCO2. The minimum absolute atomic E-state index is 0.0481. The first-order chi connectivity index (χ1) is 11.8. The average molecular weight is 369 g/mol. The molecule has 0 radical (unpaired) electrons. The van der Waals surface area contributed by atoms with E-state index in [1.54, 1.807) is 6.07 Å². The maximum atomic E-state index is 12.4. The van der Waals surface area contributed by atoms with Gasteiger partial charge in [0.05, 0.1) is 10.6 Å². The first-order valence-corrected chi connectivity index (χ1v) is 10.3. The fraction of sp³-hybridized carbons (Fsp3) is 0.611. The molecule has 0 aliphatic carbocycles. The number of nitrogens with one attached hydrogen (secondary N) is 1. The summed E-state index contributed by atoms with van der Waals surface area (Å²) in [6.45, 7) is 7.06. The van der Waals surface area contributed by atoms with Gasteiger partial charge in [-0.15, -0.1) is 0 Å². The van der Waals surface area contributed by atoms with Crippen molar-refractivity contribution in [3.8, 4) is 11.5 Å². The van der Waals surface area contributed by atoms with Gasteiger partial charge in [-0.2, -0.15) is 0 Å². The summed E-state index contributed by atoms with van der Waals surface area (Å²) in [6, 6.07) is 4.60. The van der Waals surface area contributed by atoms with Crippen molar-refractivity contribution in [2.75, 3.05) is 19.0 Å². The highest BCUT2D eigenvalue weighted by atomic mass is 32.2. The smallest absolute Gasteiger partial charge is 0.221 e. The number of ether oxygens (including phenoxy) is 2. The Bertz CT molecular complexity index is 699. The molecule has 0 fully saturated rings. The van der Waals surface area contributed by atoms with Crippen molar-refractivity contribution < 1.29 is 22.7 Å². The summed E-state index contributed by atoms with van der Waals surface area (Å²) < 4.78 is 35.7. The van der Waals surface area contributed by atoms with E-state index in [9.17, 15) is 13.2 Å². The van der Waals surface area contributed by atoms with Crippen LogP contribution < -0.4 is 14.8 Å². The second-order valence-corrected chi connectivity index (χ2v) is 8.92. The number of carbonyl (C=O) groups excluding carboxylic acids is 1. The van der Waals surface area contributed by atoms with Crippen molar-refractivity contribution in [3.05, 3.63) is 18.2 Å². The Labute approximate surface area is 149 Å². The number of amides is 1. The lowest BCUT2D eigenvalue weighted by Gasteiger charge is -2.19. The molecule has 0 aromatic heterocycles. The monoisotopic (exact) mass is 369 g/mol. The molecule has 140 valence electrons. The van der Waals surface area contributed by atoms with Gasteiger partial charge in [-0.05, 0) is 37.8 Å². The Balaban J connectivity index is 1.89. The highest BCUT2D eigenvalue weighted by molar-refractivity contribution is 7.91. The van der Waals surface area contributed by atoms with Crippen LogP contribution in [0, 0.1) is 5.92 Å². The molecule has 1 aromatic rings. The highest BCUT2D eigenvalue weighted by Crippen LogP contribution is 2.32. The second kappa shape index (κ2) is 8.56. The van der Waals surface area contributed by atoms with E-state index in [1.807, 2.05) is 6.92 Å². The zero-order valence-electron chi connectivity index (χ0n) is 15.1. The molecular weight excluding hydrogens is 342 g/mol. The summed E-state index contributed by atoms with van der Waals surface area (Å²) in [5.41, 5.74) is 0. The lowest BCUT2D eigenvalue weighted by atomic mass is 10.0. The predicted molar refractivity (Wildman–Crippen MR) is 95.8 cm³/mol. The van der Waals surface area contributed by atoms with Crippen molar-refractivity contribution in [2.24, 2.45) is 5.92 Å². The average Bonchev–Trinajstić information content (AvgIpc) is 2.58. The molecule has 1 N–H and O–H groups in total. The summed E-state index contributed by atoms with van der Waals surface area (Å²) in [7, 11) is -3.55. The third-order valence-corrected chi connectivity index (χ3v) is 5.77. The Morgan fingerprint density at radius 2 is 1.80 bits per heavy atom. The lowest BCUT2D eigenvalue weighted by Crippen LogP contribution is -2.33. The Hall–Kier alpha value is -1.76. The van der Waals surface area contributed by atoms with E-state index < -0.39 is 9.84 Å². The van der Waals surface area contributed by atoms with E-state index in [4.69, 9.17) is 9.47 Å². The van der Waals surface area contributed by atoms with Gasteiger partial charge in [0.25, 0.3) is 0 Å². The van der Waals surface area contributed by atoms with Crippen molar-refractivity contribution in [1.82, 2.24) is 5.32 Å². The van der Waals surface area contributed by atoms with Gasteiger partial charge in [-0.3, -0.25) is 4.79 Å². The normalized spacial score (nSPS) is 15.0. The topological polar surface area (TPSA) is 81.7 Å². The van der Waals surface area contributed by atoms with Crippen molar-refractivity contribution in [2.45, 2.75) is 51.0 Å². The third kappa shape index (κ3) is 5.92. The predicted octanol–water partition coefficient (Wildman–Crippen LogP) is 2.56. The largest absolute Gasteiger partial charge is 0.486 e. The molecule has 0 saturated carbocycles. The molecule has 2 rings (SSSR count). The van der Waals surface area contributed by atoms with Crippen LogP contribution in [-0.2, 0) is 14.6 Å². The van der Waals surface area contributed by atoms with Crippen molar-refractivity contribution >= 4 is 15.7 Å². The molecule has 1 amide bonds. The summed E-state index contributed by atoms with van der Waals surface area (Å²) in [4.78, 5) is 12.1. The van der Waals surface area contributed by atoms with Crippen molar-refractivity contribution in [1.29, 1.82) is 0 Å². The van der Waals surface area contributed by atoms with Crippen LogP contribution >= 0.6 is 0 Å². The van der Waals surface area contributed by atoms with Crippen LogP contribution in [0.4, 0.5) is 0 Å². The Morgan fingerprint density at radius 3 is 2.48 bits per heavy atom. The Kier molecular flexibility index (Phi) is 6.70. The number of hydrogen-bond donors (Lipinski definition) is 1. The number of sulfone groups is 1. The van der Waals surface area contributed by atoms with Crippen molar-refractivity contribution in [3.63, 3.8) is 0 Å². The van der Waals surface area contributed by atoms with Gasteiger partial charge in [0.2, 0.25) is 5.91 Å². The van der Waals surface area contributed by atoms with Gasteiger partial charge in [-0.25, -0.2) is 8.42 Å². The van der Waals surface area contributed by atoms with Gasteiger partial charge in [0, 0.05) is 18.5 Å². The number of rotatable bonds is 8. The zero-order valence-corrected chi connectivity index (χ0v) is 15.9. The molecule has 1 heterocycles. The van der Waals surface area contributed by atoms with Crippen LogP contribution in [0.5, 0.6) is 11.5 Å². The fourth-order valence-electron chi connectivity index (χ4n) is 2.56. The third-order valence-electron chi connectivity index (χ3n) is 4.06. The molecule has 7 heteroatoms. The van der Waals surface area contributed by atoms with E-state index in [0.717, 1.165) is 12.8 Å². The summed E-state index contributed by atoms with van der Waals surface area (Å²) >= 11 is 0. The number of fused-ring (bicyclic) bond motifs is 1. The molecule has 1 unspecified atom stereocenters. The van der Waals surface area contributed by atoms with Gasteiger partial charge in [0.1, 0.15) is 13.2 Å². The van der Waals surface area contributed by atoms with E-state index in [1.165, 1.54) is 12.1 Å². The molecule has 0 saturated heterocycles. The maximum Gasteiger partial charge on any atom is 0.221 e. The first kappa shape index (κ1) is 19.6. The Morgan fingerprint density at radius 1 is 1.12 bits per heavy atom. The van der Waals surface area contributed by atoms with Crippen LogP contribution in [-0.4, -0.2) is 39.3 Å². The zero-order chi connectivity index (χ0) is 18.4. The van der Waals surface area contributed by atoms with Gasteiger partial charge in [-0.1, -0.05) is 13.8 Å². The van der Waals surface area contributed by atoms with E-state index >= 15 is 0 Å². The molecule has 1 atom stereocenters. The van der Waals surface area contributed by atoms with E-state index in [2.05, 4.69) is 19.2 Å². The van der Waals surface area contributed by atoms with Crippen LogP contribution in [0.2, 0.25) is 0 Å². The number of benzene rings is 1. The van der Waals surface area contributed by atoms with E-state index in [0.29, 0.717) is 30.6 Å². The van der Waals surface area contributed by atoms with Crippen LogP contribution in [0.1, 0.15) is 40.0 Å². The van der Waals surface area contributed by atoms with Crippen LogP contribution in [0.25, 0.3) is 0 Å². The second-order valence-electron chi connectivity index (χ2n) is 6.81. The van der Waals surface area contributed by atoms with Crippen LogP contribution in [0.3, 0.4) is 0 Å². The first-order valence-electron chi connectivity index (χ1n) is 8.69. The standard InChI is InChI=1S/C18H27NO5S/c1-13(2)4-5-14(3)19-18(20)8-11-25(21,22)15-6-7-16-17(12-15)24-10-9-23-16/h6-7,12-14H,4-5,8-11H2,1-3H3,(H,19,20). The molecule has 1 aliphatic rings. The molecule has 6 nitrogen and oxygen atoms in total. The summed E-state index contributed by atoms with van der Waals surface area (Å²) in [6.07, 6.45) is 1.86. The molecule has 0 bridgehead atoms. The molecule has 1 aromatic carbocycles. The number of carbonyl (C=O) groups is 1. The van der Waals surface area contributed by atoms with E-state index in [-0.39, 0.29) is 29.0 Å². The number of hydrogen-bond acceptors (Lipinski definition) is 5. The summed E-state index contributed by atoms with van der Waals surface area (Å²) in [5.74, 6) is 1.09. The van der Waals surface area contributed by atoms with Gasteiger partial charge in [0.15, 0.2) is 21.3 Å². The maximum absolute atomic E-state index is 12.4. The molecule has 1 aliphatic heterocycles. The highest BCUT2D eigenvalue weighted by Gasteiger charge is 2.21. The minimum atomic E-state index is -3.55. The lowest BCUT2D eigenvalue weighted by molar-refractivity contribution is -0.121. The molecular formula is C18H27NO5S. The minimum Gasteiger partial charge on any atom is -0.486 e.